The highest BCUT2D eigenvalue weighted by molar-refractivity contribution is 6.01. The van der Waals surface area contributed by atoms with Gasteiger partial charge in [0.25, 0.3) is 5.91 Å². The van der Waals surface area contributed by atoms with Crippen LogP contribution in [0.25, 0.3) is 0 Å². The van der Waals surface area contributed by atoms with Gasteiger partial charge in [0.1, 0.15) is 5.75 Å². The highest BCUT2D eigenvalue weighted by Gasteiger charge is 2.28. The van der Waals surface area contributed by atoms with Gasteiger partial charge < -0.3 is 24.6 Å². The number of nitrogens with zero attached hydrogens (tertiary/aromatic N) is 3. The lowest BCUT2D eigenvalue weighted by Crippen LogP contribution is -2.50. The number of hydrogen-bond donors (Lipinski definition) is 1. The van der Waals surface area contributed by atoms with E-state index in [1.165, 1.54) is 0 Å². The van der Waals surface area contributed by atoms with E-state index < -0.39 is 12.0 Å². The Bertz CT molecular complexity index is 790. The van der Waals surface area contributed by atoms with Crippen molar-refractivity contribution < 1.29 is 28.7 Å². The van der Waals surface area contributed by atoms with Crippen LogP contribution in [0.1, 0.15) is 12.8 Å². The second-order valence-electron chi connectivity index (χ2n) is 7.01. The molecule has 10 nitrogen and oxygen atoms in total. The van der Waals surface area contributed by atoms with Gasteiger partial charge >= 0.3 is 12.0 Å². The number of rotatable bonds is 8. The minimum absolute atomic E-state index is 0.0118. The summed E-state index contributed by atoms with van der Waals surface area (Å²) in [6.45, 7) is 2.20. The molecule has 0 saturated carbocycles. The summed E-state index contributed by atoms with van der Waals surface area (Å²) in [6, 6.07) is 7.29. The molecule has 2 fully saturated rings. The molecule has 2 saturated heterocycles. The third-order valence-corrected chi connectivity index (χ3v) is 5.11. The van der Waals surface area contributed by atoms with Gasteiger partial charge in [0.05, 0.1) is 19.3 Å². The number of nitrogens with one attached hydrogen (secondary N) is 1. The van der Waals surface area contributed by atoms with Crippen LogP contribution in [0.15, 0.2) is 24.3 Å². The van der Waals surface area contributed by atoms with Crippen molar-refractivity contribution in [2.24, 2.45) is 0 Å². The van der Waals surface area contributed by atoms with Gasteiger partial charge in [-0.2, -0.15) is 0 Å². The lowest BCUT2D eigenvalue weighted by atomic mass is 10.2. The zero-order valence-corrected chi connectivity index (χ0v) is 17.0. The van der Waals surface area contributed by atoms with Crippen molar-refractivity contribution in [1.29, 1.82) is 0 Å². The molecule has 0 aromatic heterocycles. The highest BCUT2D eigenvalue weighted by Crippen LogP contribution is 2.28. The first-order valence-electron chi connectivity index (χ1n) is 9.89. The summed E-state index contributed by atoms with van der Waals surface area (Å²) >= 11 is 0. The SMILES string of the molecule is COc1ccccc1N1CCN(C(=O)COC(=O)CCCN2C(=O)CNC2=O)CC1. The van der Waals surface area contributed by atoms with Crippen LogP contribution in [-0.2, 0) is 19.1 Å². The summed E-state index contributed by atoms with van der Waals surface area (Å²) in [5.41, 5.74) is 0.990. The molecule has 10 heteroatoms. The molecule has 0 spiro atoms. The smallest absolute Gasteiger partial charge is 0.324 e. The van der Waals surface area contributed by atoms with Crippen molar-refractivity contribution in [3.05, 3.63) is 24.3 Å². The standard InChI is InChI=1S/C20H26N4O6/c1-29-16-6-3-2-5-15(16)22-9-11-23(12-10-22)18(26)14-30-19(27)7-4-8-24-17(25)13-21-20(24)28/h2-3,5-6H,4,7-14H2,1H3,(H,21,28). The number of benzene rings is 1. The molecule has 30 heavy (non-hydrogen) atoms. The Kier molecular flexibility index (Phi) is 7.10. The van der Waals surface area contributed by atoms with E-state index in [2.05, 4.69) is 10.2 Å². The number of amides is 4. The topological polar surface area (TPSA) is 108 Å². The lowest BCUT2D eigenvalue weighted by molar-refractivity contribution is -0.152. The van der Waals surface area contributed by atoms with Crippen molar-refractivity contribution in [3.8, 4) is 5.75 Å². The van der Waals surface area contributed by atoms with E-state index in [4.69, 9.17) is 9.47 Å². The second kappa shape index (κ2) is 9.95. The van der Waals surface area contributed by atoms with Crippen LogP contribution in [0, 0.1) is 0 Å². The summed E-state index contributed by atoms with van der Waals surface area (Å²) in [5.74, 6) is -0.282. The molecule has 2 aliphatic heterocycles. The molecular weight excluding hydrogens is 392 g/mol. The van der Waals surface area contributed by atoms with Crippen LogP contribution in [0.5, 0.6) is 5.75 Å². The number of urea groups is 1. The molecule has 162 valence electrons. The number of carbonyl (C=O) groups is 4. The maximum absolute atomic E-state index is 12.3. The quantitative estimate of drug-likeness (QED) is 0.475. The van der Waals surface area contributed by atoms with E-state index in [0.29, 0.717) is 32.6 Å². The number of piperazine rings is 1. The second-order valence-corrected chi connectivity index (χ2v) is 7.01. The number of ether oxygens (including phenoxy) is 2. The number of imide groups is 1. The van der Waals surface area contributed by atoms with E-state index in [0.717, 1.165) is 16.3 Å². The van der Waals surface area contributed by atoms with E-state index in [1.54, 1.807) is 12.0 Å². The molecule has 3 rings (SSSR count). The van der Waals surface area contributed by atoms with Crippen molar-refractivity contribution in [2.75, 3.05) is 57.9 Å². The van der Waals surface area contributed by atoms with Gasteiger partial charge in [0.15, 0.2) is 6.61 Å². The van der Waals surface area contributed by atoms with Crippen LogP contribution < -0.4 is 15.0 Å². The number of carbonyl (C=O) groups excluding carboxylic acids is 4. The van der Waals surface area contributed by atoms with Gasteiger partial charge in [-0.05, 0) is 18.6 Å². The molecule has 0 bridgehead atoms. The van der Waals surface area contributed by atoms with Gasteiger partial charge in [-0.1, -0.05) is 12.1 Å². The summed E-state index contributed by atoms with van der Waals surface area (Å²) in [6.07, 6.45) is 0.329. The number of para-hydroxylation sites is 2. The Morgan fingerprint density at radius 1 is 1.10 bits per heavy atom. The maximum atomic E-state index is 12.3. The van der Waals surface area contributed by atoms with Gasteiger partial charge in [-0.15, -0.1) is 0 Å². The van der Waals surface area contributed by atoms with E-state index in [-0.39, 0.29) is 37.9 Å². The fourth-order valence-electron chi connectivity index (χ4n) is 3.46. The van der Waals surface area contributed by atoms with Gasteiger partial charge in [0, 0.05) is 39.1 Å². The molecule has 0 atom stereocenters. The van der Waals surface area contributed by atoms with Crippen LogP contribution in [0.4, 0.5) is 10.5 Å². The predicted molar refractivity (Wildman–Crippen MR) is 107 cm³/mol. The first kappa shape index (κ1) is 21.4. The minimum atomic E-state index is -0.525. The van der Waals surface area contributed by atoms with Crippen LogP contribution >= 0.6 is 0 Å². The fourth-order valence-corrected chi connectivity index (χ4v) is 3.46. The van der Waals surface area contributed by atoms with Gasteiger partial charge in [-0.3, -0.25) is 19.3 Å². The van der Waals surface area contributed by atoms with Crippen molar-refractivity contribution >= 4 is 29.5 Å². The normalized spacial score (nSPS) is 16.5. The molecule has 2 aliphatic rings. The molecule has 1 aromatic carbocycles. The van der Waals surface area contributed by atoms with Crippen molar-refractivity contribution in [1.82, 2.24) is 15.1 Å². The third kappa shape index (κ3) is 5.19. The molecule has 2 heterocycles. The average molecular weight is 418 g/mol. The third-order valence-electron chi connectivity index (χ3n) is 5.11. The Hall–Kier alpha value is -3.30. The molecule has 4 amide bonds. The highest BCUT2D eigenvalue weighted by atomic mass is 16.5. The van der Waals surface area contributed by atoms with E-state index >= 15 is 0 Å². The van der Waals surface area contributed by atoms with Gasteiger partial charge in [0.2, 0.25) is 5.91 Å². The molecule has 0 unspecified atom stereocenters. The van der Waals surface area contributed by atoms with Gasteiger partial charge in [-0.25, -0.2) is 4.79 Å². The summed E-state index contributed by atoms with van der Waals surface area (Å²) in [7, 11) is 1.63. The van der Waals surface area contributed by atoms with E-state index in [9.17, 15) is 19.2 Å². The Morgan fingerprint density at radius 2 is 1.83 bits per heavy atom. The van der Waals surface area contributed by atoms with Crippen LogP contribution in [0.3, 0.4) is 0 Å². The number of methoxy groups -OCH3 is 1. The minimum Gasteiger partial charge on any atom is -0.495 e. The molecule has 0 radical (unpaired) electrons. The van der Waals surface area contributed by atoms with Crippen LogP contribution in [-0.4, -0.2) is 86.6 Å². The molecule has 0 aliphatic carbocycles. The predicted octanol–water partition coefficient (Wildman–Crippen LogP) is 0.219. The Labute approximate surface area is 174 Å². The number of anilines is 1. The van der Waals surface area contributed by atoms with Crippen molar-refractivity contribution in [2.45, 2.75) is 12.8 Å². The number of hydrogen-bond acceptors (Lipinski definition) is 7. The first-order valence-corrected chi connectivity index (χ1v) is 9.89. The maximum Gasteiger partial charge on any atom is 0.324 e. The Balaban J connectivity index is 1.36. The summed E-state index contributed by atoms with van der Waals surface area (Å²) in [5, 5.41) is 2.41. The van der Waals surface area contributed by atoms with E-state index in [1.807, 2.05) is 24.3 Å². The van der Waals surface area contributed by atoms with Crippen molar-refractivity contribution in [3.63, 3.8) is 0 Å². The molecule has 1 aromatic rings. The average Bonchev–Trinajstić information content (AvgIpc) is 3.09. The Morgan fingerprint density at radius 3 is 2.50 bits per heavy atom. The van der Waals surface area contributed by atoms with Crippen LogP contribution in [0.2, 0.25) is 0 Å². The molecular formula is C20H26N4O6. The number of esters is 1. The largest absolute Gasteiger partial charge is 0.495 e. The monoisotopic (exact) mass is 418 g/mol. The lowest BCUT2D eigenvalue weighted by Gasteiger charge is -2.36. The summed E-state index contributed by atoms with van der Waals surface area (Å²) in [4.78, 5) is 52.0. The molecule has 1 N–H and O–H groups in total. The first-order chi connectivity index (χ1) is 14.5. The fraction of sp³-hybridized carbons (Fsp3) is 0.500. The zero-order valence-electron chi connectivity index (χ0n) is 17.0. The zero-order chi connectivity index (χ0) is 21.5. The summed E-state index contributed by atoms with van der Waals surface area (Å²) < 4.78 is 10.4.